The molecule has 0 saturated heterocycles. The first-order chi connectivity index (χ1) is 13.7. The van der Waals surface area contributed by atoms with E-state index in [9.17, 15) is 9.18 Å². The molecule has 5 rings (SSSR count). The van der Waals surface area contributed by atoms with E-state index >= 15 is 0 Å². The number of benzene rings is 3. The van der Waals surface area contributed by atoms with Gasteiger partial charge in [0.1, 0.15) is 11.5 Å². The molecule has 0 unspecified atom stereocenters. The number of Topliss-reactive ketones (excluding diaryl/α,β-unsaturated/α-hetero) is 1. The summed E-state index contributed by atoms with van der Waals surface area (Å²) in [4.78, 5) is 22.1. The van der Waals surface area contributed by atoms with Crippen molar-refractivity contribution in [2.45, 2.75) is 5.16 Å². The van der Waals surface area contributed by atoms with Crippen LogP contribution in [0, 0.1) is 5.82 Å². The zero-order valence-corrected chi connectivity index (χ0v) is 15.5. The quantitative estimate of drug-likeness (QED) is 0.243. The number of para-hydroxylation sites is 3. The van der Waals surface area contributed by atoms with E-state index in [1.807, 2.05) is 52.9 Å². The predicted molar refractivity (Wildman–Crippen MR) is 109 cm³/mol. The standard InChI is InChI=1S/C22H14FN3OS/c23-15-11-9-14(10-12-15)20(27)13-28-22-25-17-6-2-1-5-16(17)21-24-18-7-3-4-8-19(18)26(21)22/h1-12H,13H2. The number of aromatic nitrogens is 3. The van der Waals surface area contributed by atoms with Crippen LogP contribution in [0.2, 0.25) is 0 Å². The number of rotatable bonds is 4. The van der Waals surface area contributed by atoms with Crippen LogP contribution >= 0.6 is 11.8 Å². The maximum absolute atomic E-state index is 13.1. The lowest BCUT2D eigenvalue weighted by atomic mass is 10.1. The lowest BCUT2D eigenvalue weighted by Crippen LogP contribution is -2.04. The fraction of sp³-hybridized carbons (Fsp3) is 0.0455. The van der Waals surface area contributed by atoms with E-state index in [0.717, 1.165) is 27.6 Å². The molecule has 0 atom stereocenters. The second kappa shape index (κ2) is 6.73. The Hall–Kier alpha value is -3.25. The van der Waals surface area contributed by atoms with Crippen molar-refractivity contribution >= 4 is 45.1 Å². The van der Waals surface area contributed by atoms with E-state index in [0.29, 0.717) is 10.7 Å². The van der Waals surface area contributed by atoms with Gasteiger partial charge in [-0.05, 0) is 48.5 Å². The van der Waals surface area contributed by atoms with Crippen LogP contribution < -0.4 is 0 Å². The minimum Gasteiger partial charge on any atom is -0.293 e. The number of carbonyl (C=O) groups is 1. The number of hydrogen-bond acceptors (Lipinski definition) is 4. The summed E-state index contributed by atoms with van der Waals surface area (Å²) in [7, 11) is 0. The maximum atomic E-state index is 13.1. The average Bonchev–Trinajstić information content (AvgIpc) is 3.12. The van der Waals surface area contributed by atoms with Crippen LogP contribution in [0.5, 0.6) is 0 Å². The second-order valence-electron chi connectivity index (χ2n) is 6.39. The molecule has 136 valence electrons. The highest BCUT2D eigenvalue weighted by Crippen LogP contribution is 2.29. The molecule has 0 N–H and O–H groups in total. The van der Waals surface area contributed by atoms with Crippen LogP contribution in [0.15, 0.2) is 78.0 Å². The largest absolute Gasteiger partial charge is 0.293 e. The molecular formula is C22H14FN3OS. The van der Waals surface area contributed by atoms with Gasteiger partial charge in [0, 0.05) is 10.9 Å². The highest BCUT2D eigenvalue weighted by Gasteiger charge is 2.15. The number of nitrogens with zero attached hydrogens (tertiary/aromatic N) is 3. The summed E-state index contributed by atoms with van der Waals surface area (Å²) in [6.07, 6.45) is 0. The van der Waals surface area contributed by atoms with Gasteiger partial charge in [0.2, 0.25) is 0 Å². The fourth-order valence-corrected chi connectivity index (χ4v) is 4.16. The van der Waals surface area contributed by atoms with Crippen molar-refractivity contribution in [1.82, 2.24) is 14.4 Å². The van der Waals surface area contributed by atoms with E-state index in [1.54, 1.807) is 0 Å². The Morgan fingerprint density at radius 3 is 2.43 bits per heavy atom. The minimum atomic E-state index is -0.355. The molecule has 4 nitrogen and oxygen atoms in total. The molecule has 28 heavy (non-hydrogen) atoms. The van der Waals surface area contributed by atoms with Crippen LogP contribution in [0.3, 0.4) is 0 Å². The molecule has 0 spiro atoms. The summed E-state index contributed by atoms with van der Waals surface area (Å²) < 4.78 is 15.1. The van der Waals surface area contributed by atoms with Crippen LogP contribution in [-0.2, 0) is 0 Å². The Labute approximate surface area is 164 Å². The van der Waals surface area contributed by atoms with Crippen LogP contribution in [0.1, 0.15) is 10.4 Å². The second-order valence-corrected chi connectivity index (χ2v) is 7.33. The van der Waals surface area contributed by atoms with Crippen molar-refractivity contribution in [2.75, 3.05) is 5.75 Å². The van der Waals surface area contributed by atoms with Crippen molar-refractivity contribution < 1.29 is 9.18 Å². The molecule has 3 aromatic carbocycles. The highest BCUT2D eigenvalue weighted by molar-refractivity contribution is 7.99. The molecular weight excluding hydrogens is 373 g/mol. The maximum Gasteiger partial charge on any atom is 0.175 e. The first-order valence-corrected chi connectivity index (χ1v) is 9.77. The van der Waals surface area contributed by atoms with Crippen LogP contribution in [-0.4, -0.2) is 25.9 Å². The summed E-state index contributed by atoms with van der Waals surface area (Å²) >= 11 is 1.36. The van der Waals surface area contributed by atoms with Gasteiger partial charge in [0.25, 0.3) is 0 Å². The average molecular weight is 387 g/mol. The summed E-state index contributed by atoms with van der Waals surface area (Å²) in [6, 6.07) is 21.3. The smallest absolute Gasteiger partial charge is 0.175 e. The van der Waals surface area contributed by atoms with Gasteiger partial charge in [-0.25, -0.2) is 14.4 Å². The lowest BCUT2D eigenvalue weighted by Gasteiger charge is -2.08. The van der Waals surface area contributed by atoms with E-state index in [2.05, 4.69) is 0 Å². The Bertz CT molecular complexity index is 1350. The van der Waals surface area contributed by atoms with E-state index < -0.39 is 0 Å². The molecule has 6 heteroatoms. The predicted octanol–water partition coefficient (Wildman–Crippen LogP) is 5.15. The Balaban J connectivity index is 1.61. The van der Waals surface area contributed by atoms with Crippen molar-refractivity contribution in [3.8, 4) is 0 Å². The molecule has 0 amide bonds. The van der Waals surface area contributed by atoms with E-state index in [1.165, 1.54) is 36.0 Å². The Morgan fingerprint density at radius 1 is 0.893 bits per heavy atom. The molecule has 5 aromatic rings. The topological polar surface area (TPSA) is 47.3 Å². The zero-order valence-electron chi connectivity index (χ0n) is 14.7. The highest BCUT2D eigenvalue weighted by atomic mass is 32.2. The number of ketones is 1. The van der Waals surface area contributed by atoms with Crippen LogP contribution in [0.4, 0.5) is 4.39 Å². The molecule has 0 aliphatic carbocycles. The van der Waals surface area contributed by atoms with Crippen molar-refractivity contribution in [3.63, 3.8) is 0 Å². The molecule has 0 radical (unpaired) electrons. The van der Waals surface area contributed by atoms with E-state index in [-0.39, 0.29) is 17.4 Å². The summed E-state index contributed by atoms with van der Waals surface area (Å²) in [5.41, 5.74) is 3.98. The van der Waals surface area contributed by atoms with E-state index in [4.69, 9.17) is 9.97 Å². The number of hydrogen-bond donors (Lipinski definition) is 0. The van der Waals surface area contributed by atoms with Crippen LogP contribution in [0.25, 0.3) is 27.6 Å². The normalized spacial score (nSPS) is 11.5. The van der Waals surface area contributed by atoms with Gasteiger partial charge in [-0.1, -0.05) is 36.0 Å². The fourth-order valence-electron chi connectivity index (χ4n) is 3.26. The third kappa shape index (κ3) is 2.82. The van der Waals surface area contributed by atoms with Gasteiger partial charge in [-0.3, -0.25) is 9.20 Å². The Morgan fingerprint density at radius 2 is 1.61 bits per heavy atom. The number of thioether (sulfide) groups is 1. The summed E-state index contributed by atoms with van der Waals surface area (Å²) in [5.74, 6) is -0.219. The number of carbonyl (C=O) groups excluding carboxylic acids is 1. The Kier molecular flexibility index (Phi) is 4.06. The number of halogens is 1. The summed E-state index contributed by atoms with van der Waals surface area (Å²) in [6.45, 7) is 0. The lowest BCUT2D eigenvalue weighted by molar-refractivity contribution is 0.102. The van der Waals surface area contributed by atoms with Gasteiger partial charge < -0.3 is 0 Å². The molecule has 0 aliphatic heterocycles. The molecule has 2 aromatic heterocycles. The van der Waals surface area contributed by atoms with Gasteiger partial charge in [0.15, 0.2) is 10.9 Å². The molecule has 0 aliphatic rings. The van der Waals surface area contributed by atoms with Gasteiger partial charge in [-0.15, -0.1) is 0 Å². The van der Waals surface area contributed by atoms with Crippen molar-refractivity contribution in [3.05, 3.63) is 84.2 Å². The van der Waals surface area contributed by atoms with Crippen molar-refractivity contribution in [2.24, 2.45) is 0 Å². The first-order valence-electron chi connectivity index (χ1n) is 8.78. The molecule has 0 bridgehead atoms. The monoisotopic (exact) mass is 387 g/mol. The minimum absolute atomic E-state index is 0.0717. The first kappa shape index (κ1) is 16.9. The van der Waals surface area contributed by atoms with Gasteiger partial charge in [0.05, 0.1) is 22.3 Å². The number of imidazole rings is 1. The number of fused-ring (bicyclic) bond motifs is 5. The third-order valence-corrected chi connectivity index (χ3v) is 5.55. The SMILES string of the molecule is O=C(CSc1nc2ccccc2c2nc3ccccc3n12)c1ccc(F)cc1. The molecule has 0 saturated carbocycles. The molecule has 0 fully saturated rings. The van der Waals surface area contributed by atoms with Gasteiger partial charge in [-0.2, -0.15) is 0 Å². The van der Waals surface area contributed by atoms with Gasteiger partial charge >= 0.3 is 0 Å². The zero-order chi connectivity index (χ0) is 19.1. The van der Waals surface area contributed by atoms with Crippen molar-refractivity contribution in [1.29, 1.82) is 0 Å². The summed E-state index contributed by atoms with van der Waals surface area (Å²) in [5, 5.41) is 1.67. The molecule has 2 heterocycles. The third-order valence-electron chi connectivity index (χ3n) is 4.61.